The second-order valence-electron chi connectivity index (χ2n) is 11.3. The van der Waals surface area contributed by atoms with Gasteiger partial charge in [-0.1, -0.05) is 95.8 Å². The fourth-order valence-electron chi connectivity index (χ4n) is 6.09. The Hall–Kier alpha value is -2.83. The second-order valence-corrected chi connectivity index (χ2v) is 11.3. The molecule has 1 N–H and O–H groups in total. The van der Waals surface area contributed by atoms with Gasteiger partial charge in [-0.05, 0) is 44.7 Å². The number of allylic oxidation sites excluding steroid dienone is 2. The van der Waals surface area contributed by atoms with Crippen molar-refractivity contribution < 1.29 is 23.8 Å². The maximum absolute atomic E-state index is 13.0. The van der Waals surface area contributed by atoms with Crippen LogP contribution in [0.25, 0.3) is 0 Å². The number of hydrogen-bond donors (Lipinski definition) is 1. The van der Waals surface area contributed by atoms with Crippen molar-refractivity contribution in [1.29, 1.82) is 0 Å². The highest BCUT2D eigenvalue weighted by Crippen LogP contribution is 2.50. The third-order valence-electron chi connectivity index (χ3n) is 8.01. The number of ether oxygens (including phenoxy) is 3. The average Bonchev–Trinajstić information content (AvgIpc) is 2.91. The second kappa shape index (κ2) is 16.4. The number of nitrogens with zero attached hydrogens (tertiary/aromatic N) is 1. The molecule has 0 saturated carbocycles. The number of unbranched alkanes of at least 4 members (excludes halogenated alkanes) is 10. The minimum Gasteiger partial charge on any atom is -0.450 e. The Kier molecular flexibility index (Phi) is 13.0. The van der Waals surface area contributed by atoms with E-state index in [1.54, 1.807) is 6.07 Å². The number of pyridine rings is 1. The van der Waals surface area contributed by atoms with Crippen molar-refractivity contribution in [2.75, 3.05) is 13.2 Å². The van der Waals surface area contributed by atoms with Crippen LogP contribution in [0.1, 0.15) is 122 Å². The highest BCUT2D eigenvalue weighted by Gasteiger charge is 2.48. The van der Waals surface area contributed by atoms with Gasteiger partial charge in [0, 0.05) is 24.0 Å². The summed E-state index contributed by atoms with van der Waals surface area (Å²) in [5.41, 5.74) is 3.38. The number of amides is 1. The van der Waals surface area contributed by atoms with Crippen molar-refractivity contribution in [3.8, 4) is 5.88 Å². The molecule has 0 radical (unpaired) electrons. The molecule has 2 unspecified atom stereocenters. The van der Waals surface area contributed by atoms with Crippen LogP contribution in [0.4, 0.5) is 9.59 Å². The van der Waals surface area contributed by atoms with Gasteiger partial charge in [-0.25, -0.2) is 14.6 Å². The van der Waals surface area contributed by atoms with Crippen molar-refractivity contribution in [3.05, 3.63) is 46.7 Å². The van der Waals surface area contributed by atoms with E-state index in [0.717, 1.165) is 48.9 Å². The van der Waals surface area contributed by atoms with E-state index in [2.05, 4.69) is 38.2 Å². The molecule has 222 valence electrons. The van der Waals surface area contributed by atoms with Crippen LogP contribution in [-0.2, 0) is 21.4 Å². The van der Waals surface area contributed by atoms with Crippen LogP contribution in [0.15, 0.2) is 35.4 Å². The normalized spacial score (nSPS) is 20.4. The highest BCUT2D eigenvalue weighted by atomic mass is 16.7. The van der Waals surface area contributed by atoms with Crippen LogP contribution in [-0.4, -0.2) is 30.4 Å². The molecule has 0 fully saturated rings. The molecule has 1 aromatic rings. The largest absolute Gasteiger partial charge is 0.515 e. The average molecular weight is 555 g/mol. The van der Waals surface area contributed by atoms with Crippen LogP contribution >= 0.6 is 0 Å². The topological polar surface area (TPSA) is 86.8 Å². The molecule has 7 nitrogen and oxygen atoms in total. The number of hydrogen-bond acceptors (Lipinski definition) is 6. The molecule has 40 heavy (non-hydrogen) atoms. The van der Waals surface area contributed by atoms with Gasteiger partial charge >= 0.3 is 12.2 Å². The van der Waals surface area contributed by atoms with Crippen LogP contribution in [0, 0.1) is 5.92 Å². The lowest BCUT2D eigenvalue weighted by atomic mass is 9.63. The zero-order chi connectivity index (χ0) is 28.8. The van der Waals surface area contributed by atoms with Crippen molar-refractivity contribution in [2.45, 2.75) is 123 Å². The lowest BCUT2D eigenvalue weighted by molar-refractivity contribution is 0.0956. The molecular weight excluding hydrogens is 504 g/mol. The lowest BCUT2D eigenvalue weighted by Crippen LogP contribution is -2.53. The number of nitrogens with one attached hydrogen (secondary N) is 1. The first-order valence-electron chi connectivity index (χ1n) is 15.6. The number of fused-ring (bicyclic) bond motifs is 4. The van der Waals surface area contributed by atoms with Gasteiger partial charge in [0.05, 0.1) is 24.4 Å². The maximum Gasteiger partial charge on any atom is 0.515 e. The van der Waals surface area contributed by atoms with E-state index < -0.39 is 17.8 Å². The quantitative estimate of drug-likeness (QED) is 0.125. The SMILES string of the molecule is C/C=C1/C2C=C(C)CC1(NC(=O)OCCCCCCCC)c1ccc(OC(=O)OCCCCCCCC)nc1C2. The summed E-state index contributed by atoms with van der Waals surface area (Å²) in [6.07, 6.45) is 18.1. The molecule has 2 aliphatic carbocycles. The zero-order valence-corrected chi connectivity index (χ0v) is 25.2. The minimum absolute atomic E-state index is 0.104. The monoisotopic (exact) mass is 554 g/mol. The third-order valence-corrected chi connectivity index (χ3v) is 8.01. The summed E-state index contributed by atoms with van der Waals surface area (Å²) in [6, 6.07) is 3.61. The van der Waals surface area contributed by atoms with E-state index in [0.29, 0.717) is 26.1 Å². The number of aromatic nitrogens is 1. The van der Waals surface area contributed by atoms with Gasteiger partial charge in [0.15, 0.2) is 0 Å². The number of carbonyl (C=O) groups is 2. The first-order valence-corrected chi connectivity index (χ1v) is 15.6. The van der Waals surface area contributed by atoms with Crippen LogP contribution in [0.2, 0.25) is 0 Å². The van der Waals surface area contributed by atoms with E-state index in [1.165, 1.54) is 50.5 Å². The third kappa shape index (κ3) is 8.84. The Bertz CT molecular complexity index is 1030. The number of carbonyl (C=O) groups excluding carboxylic acids is 2. The van der Waals surface area contributed by atoms with Crippen molar-refractivity contribution >= 4 is 12.2 Å². The van der Waals surface area contributed by atoms with Crippen LogP contribution in [0.3, 0.4) is 0 Å². The number of rotatable bonds is 16. The summed E-state index contributed by atoms with van der Waals surface area (Å²) in [6.45, 7) is 9.28. The molecule has 0 aromatic carbocycles. The van der Waals surface area contributed by atoms with Gasteiger partial charge in [-0.3, -0.25) is 0 Å². The van der Waals surface area contributed by atoms with E-state index in [4.69, 9.17) is 19.2 Å². The van der Waals surface area contributed by atoms with E-state index in [9.17, 15) is 9.59 Å². The fourth-order valence-corrected chi connectivity index (χ4v) is 6.09. The number of alkyl carbamates (subject to hydrolysis) is 1. The van der Waals surface area contributed by atoms with Gasteiger partial charge in [0.1, 0.15) is 0 Å². The predicted octanol–water partition coefficient (Wildman–Crippen LogP) is 8.71. The highest BCUT2D eigenvalue weighted by molar-refractivity contribution is 5.71. The minimum atomic E-state index is -0.729. The molecule has 3 rings (SSSR count). The Morgan fingerprint density at radius 3 is 2.23 bits per heavy atom. The van der Waals surface area contributed by atoms with Gasteiger partial charge in [0.25, 0.3) is 0 Å². The van der Waals surface area contributed by atoms with E-state index >= 15 is 0 Å². The van der Waals surface area contributed by atoms with Crippen molar-refractivity contribution in [3.63, 3.8) is 0 Å². The van der Waals surface area contributed by atoms with Crippen molar-refractivity contribution in [1.82, 2.24) is 10.3 Å². The summed E-state index contributed by atoms with van der Waals surface area (Å²) >= 11 is 0. The van der Waals surface area contributed by atoms with Gasteiger partial charge < -0.3 is 19.5 Å². The first kappa shape index (κ1) is 31.7. The Morgan fingerprint density at radius 1 is 0.950 bits per heavy atom. The Balaban J connectivity index is 1.63. The van der Waals surface area contributed by atoms with E-state index in [1.807, 2.05) is 13.0 Å². The molecule has 7 heteroatoms. The molecule has 0 spiro atoms. The smallest absolute Gasteiger partial charge is 0.450 e. The Morgan fingerprint density at radius 2 is 1.57 bits per heavy atom. The molecule has 0 saturated heterocycles. The van der Waals surface area contributed by atoms with Crippen LogP contribution < -0.4 is 10.1 Å². The molecule has 1 aromatic heterocycles. The van der Waals surface area contributed by atoms with Crippen LogP contribution in [0.5, 0.6) is 5.88 Å². The summed E-state index contributed by atoms with van der Waals surface area (Å²) in [7, 11) is 0. The Labute approximate surface area is 241 Å². The van der Waals surface area contributed by atoms with E-state index in [-0.39, 0.29) is 11.8 Å². The molecule has 0 aliphatic heterocycles. The lowest BCUT2D eigenvalue weighted by Gasteiger charge is -2.47. The maximum atomic E-state index is 13.0. The molecule has 2 bridgehead atoms. The molecule has 1 heterocycles. The molecule has 1 amide bonds. The zero-order valence-electron chi connectivity index (χ0n) is 25.2. The predicted molar refractivity (Wildman–Crippen MR) is 158 cm³/mol. The molecule has 2 aliphatic rings. The van der Waals surface area contributed by atoms with Gasteiger partial charge in [-0.15, -0.1) is 0 Å². The first-order chi connectivity index (χ1) is 19.4. The summed E-state index contributed by atoms with van der Waals surface area (Å²) in [4.78, 5) is 30.0. The van der Waals surface area contributed by atoms with Crippen molar-refractivity contribution in [2.24, 2.45) is 5.92 Å². The molecule has 2 atom stereocenters. The fraction of sp³-hybridized carbons (Fsp3) is 0.667. The standard InChI is InChI=1S/C33H50N2O5/c1-5-8-10-12-14-16-20-38-31(36)35-33-24-25(4)22-26(27(33)7-3)23-29-28(33)18-19-30(34-29)40-32(37)39-21-17-15-13-11-9-6-2/h7,18-19,22,26H,5-6,8-17,20-21,23-24H2,1-4H3,(H,35,36)/b27-7-. The molecular formula is C33H50N2O5. The van der Waals surface area contributed by atoms with Gasteiger partial charge in [0.2, 0.25) is 5.88 Å². The summed E-state index contributed by atoms with van der Waals surface area (Å²) < 4.78 is 16.3. The summed E-state index contributed by atoms with van der Waals surface area (Å²) in [5, 5.41) is 3.23. The van der Waals surface area contributed by atoms with Gasteiger partial charge in [-0.2, -0.15) is 0 Å². The summed E-state index contributed by atoms with van der Waals surface area (Å²) in [5.74, 6) is 0.322.